The van der Waals surface area contributed by atoms with Crippen molar-refractivity contribution >= 4 is 11.8 Å². The number of hydrogen-bond donors (Lipinski definition) is 1. The molecule has 4 nitrogen and oxygen atoms in total. The van der Waals surface area contributed by atoms with Crippen LogP contribution in [-0.2, 0) is 11.3 Å². The van der Waals surface area contributed by atoms with Crippen LogP contribution in [-0.4, -0.2) is 28.4 Å². The Labute approximate surface area is 93.6 Å². The second kappa shape index (κ2) is 5.44. The number of aromatic nitrogens is 2. The molecule has 5 heteroatoms. The van der Waals surface area contributed by atoms with Crippen molar-refractivity contribution in [2.24, 2.45) is 5.73 Å². The van der Waals surface area contributed by atoms with Gasteiger partial charge >= 0.3 is 0 Å². The summed E-state index contributed by atoms with van der Waals surface area (Å²) >= 11 is 1.64. The summed E-state index contributed by atoms with van der Waals surface area (Å²) in [6, 6.07) is 1.84. The highest BCUT2D eigenvalue weighted by Gasteiger charge is 2.16. The first-order valence-electron chi connectivity index (χ1n) is 5.15. The zero-order chi connectivity index (χ0) is 10.5. The molecule has 1 fully saturated rings. The molecule has 1 aromatic rings. The Morgan fingerprint density at radius 2 is 2.53 bits per heavy atom. The van der Waals surface area contributed by atoms with Gasteiger partial charge in [0.2, 0.25) is 0 Å². The molecular formula is C10H15N3OS. The van der Waals surface area contributed by atoms with Crippen LogP contribution in [0.15, 0.2) is 17.4 Å². The zero-order valence-electron chi connectivity index (χ0n) is 8.56. The Morgan fingerprint density at radius 1 is 1.60 bits per heavy atom. The second-order valence-electron chi connectivity index (χ2n) is 3.48. The quantitative estimate of drug-likeness (QED) is 0.616. The zero-order valence-corrected chi connectivity index (χ0v) is 9.37. The van der Waals surface area contributed by atoms with Gasteiger partial charge in [-0.2, -0.15) is 0 Å². The Balaban J connectivity index is 1.86. The van der Waals surface area contributed by atoms with Crippen LogP contribution in [0.1, 0.15) is 18.5 Å². The summed E-state index contributed by atoms with van der Waals surface area (Å²) in [5.74, 6) is 0.939. The molecule has 2 rings (SSSR count). The van der Waals surface area contributed by atoms with E-state index >= 15 is 0 Å². The molecule has 1 aliphatic rings. The van der Waals surface area contributed by atoms with Gasteiger partial charge in [0, 0.05) is 25.1 Å². The first kappa shape index (κ1) is 10.9. The van der Waals surface area contributed by atoms with Crippen LogP contribution >= 0.6 is 11.8 Å². The number of hydrogen-bond acceptors (Lipinski definition) is 5. The maximum absolute atomic E-state index is 5.53. The van der Waals surface area contributed by atoms with Gasteiger partial charge in [0.25, 0.3) is 0 Å². The van der Waals surface area contributed by atoms with Gasteiger partial charge in [0.1, 0.15) is 0 Å². The van der Waals surface area contributed by atoms with Crippen LogP contribution < -0.4 is 5.73 Å². The van der Waals surface area contributed by atoms with Gasteiger partial charge in [-0.15, -0.1) is 0 Å². The van der Waals surface area contributed by atoms with Crippen LogP contribution in [0.25, 0.3) is 0 Å². The molecule has 1 aliphatic heterocycles. The van der Waals surface area contributed by atoms with E-state index in [1.54, 1.807) is 18.0 Å². The lowest BCUT2D eigenvalue weighted by atomic mass is 10.3. The van der Waals surface area contributed by atoms with E-state index < -0.39 is 0 Å². The van der Waals surface area contributed by atoms with Gasteiger partial charge in [-0.3, -0.25) is 0 Å². The van der Waals surface area contributed by atoms with Crippen molar-refractivity contribution < 1.29 is 4.74 Å². The maximum atomic E-state index is 5.53. The minimum absolute atomic E-state index is 0.375. The number of nitrogens with zero attached hydrogens (tertiary/aromatic N) is 2. The minimum Gasteiger partial charge on any atom is -0.377 e. The van der Waals surface area contributed by atoms with Gasteiger partial charge in [0.05, 0.1) is 11.8 Å². The summed E-state index contributed by atoms with van der Waals surface area (Å²) in [6.45, 7) is 1.37. The normalized spacial score (nSPS) is 20.7. The van der Waals surface area contributed by atoms with E-state index in [1.165, 1.54) is 6.42 Å². The number of ether oxygens (including phenoxy) is 1. The molecule has 0 aromatic carbocycles. The Morgan fingerprint density at radius 3 is 3.27 bits per heavy atom. The molecule has 2 heterocycles. The largest absolute Gasteiger partial charge is 0.377 e. The second-order valence-corrected chi connectivity index (χ2v) is 4.47. The Kier molecular flexibility index (Phi) is 3.94. The summed E-state index contributed by atoms with van der Waals surface area (Å²) < 4.78 is 5.53. The highest BCUT2D eigenvalue weighted by Crippen LogP contribution is 2.20. The first-order chi connectivity index (χ1) is 7.38. The van der Waals surface area contributed by atoms with Gasteiger partial charge in [-0.05, 0) is 18.9 Å². The highest BCUT2D eigenvalue weighted by molar-refractivity contribution is 7.99. The standard InChI is InChI=1S/C10H15N3OS/c11-6-8-3-4-12-10(13-8)15-7-9-2-1-5-14-9/h3-4,9H,1-2,5-7,11H2. The minimum atomic E-state index is 0.375. The number of rotatable bonds is 4. The van der Waals surface area contributed by atoms with E-state index in [0.29, 0.717) is 12.6 Å². The number of nitrogens with two attached hydrogens (primary N) is 1. The molecule has 1 unspecified atom stereocenters. The van der Waals surface area contributed by atoms with Crippen molar-refractivity contribution in [1.29, 1.82) is 0 Å². The lowest BCUT2D eigenvalue weighted by Crippen LogP contribution is -2.09. The first-order valence-corrected chi connectivity index (χ1v) is 6.13. The van der Waals surface area contributed by atoms with Gasteiger partial charge in [-0.25, -0.2) is 9.97 Å². The molecule has 82 valence electrons. The summed E-state index contributed by atoms with van der Waals surface area (Å²) in [7, 11) is 0. The summed E-state index contributed by atoms with van der Waals surface area (Å²) in [5.41, 5.74) is 6.40. The van der Waals surface area contributed by atoms with Crippen LogP contribution in [0.5, 0.6) is 0 Å². The van der Waals surface area contributed by atoms with Gasteiger partial charge < -0.3 is 10.5 Å². The third-order valence-corrected chi connectivity index (χ3v) is 3.32. The van der Waals surface area contributed by atoms with Crippen molar-refractivity contribution in [3.05, 3.63) is 18.0 Å². The fraction of sp³-hybridized carbons (Fsp3) is 0.600. The van der Waals surface area contributed by atoms with E-state index in [2.05, 4.69) is 9.97 Å². The van der Waals surface area contributed by atoms with Crippen molar-refractivity contribution in [2.45, 2.75) is 30.6 Å². The molecule has 0 spiro atoms. The molecule has 1 aromatic heterocycles. The van der Waals surface area contributed by atoms with Crippen molar-refractivity contribution in [2.75, 3.05) is 12.4 Å². The summed E-state index contributed by atoms with van der Waals surface area (Å²) in [6.07, 6.45) is 4.46. The molecule has 0 bridgehead atoms. The van der Waals surface area contributed by atoms with E-state index in [4.69, 9.17) is 10.5 Å². The highest BCUT2D eigenvalue weighted by atomic mass is 32.2. The third kappa shape index (κ3) is 3.15. The summed E-state index contributed by atoms with van der Waals surface area (Å²) in [5, 5.41) is 0.799. The van der Waals surface area contributed by atoms with Crippen LogP contribution in [0.4, 0.5) is 0 Å². The molecule has 2 N–H and O–H groups in total. The van der Waals surface area contributed by atoms with E-state index in [-0.39, 0.29) is 0 Å². The topological polar surface area (TPSA) is 61.0 Å². The monoisotopic (exact) mass is 225 g/mol. The molecular weight excluding hydrogens is 210 g/mol. The molecule has 0 saturated carbocycles. The average molecular weight is 225 g/mol. The number of thioether (sulfide) groups is 1. The van der Waals surface area contributed by atoms with Gasteiger partial charge in [0.15, 0.2) is 5.16 Å². The SMILES string of the molecule is NCc1ccnc(SCC2CCCO2)n1. The Hall–Kier alpha value is -0.650. The lowest BCUT2D eigenvalue weighted by molar-refractivity contribution is 0.129. The summed E-state index contributed by atoms with van der Waals surface area (Å²) in [4.78, 5) is 8.51. The van der Waals surface area contributed by atoms with Crippen LogP contribution in [0.2, 0.25) is 0 Å². The fourth-order valence-corrected chi connectivity index (χ4v) is 2.42. The smallest absolute Gasteiger partial charge is 0.187 e. The predicted octanol–water partition coefficient (Wildman–Crippen LogP) is 1.21. The molecule has 1 atom stereocenters. The van der Waals surface area contributed by atoms with Crippen molar-refractivity contribution in [3.8, 4) is 0 Å². The lowest BCUT2D eigenvalue weighted by Gasteiger charge is -2.07. The molecule has 0 amide bonds. The average Bonchev–Trinajstić information content (AvgIpc) is 2.79. The van der Waals surface area contributed by atoms with Crippen LogP contribution in [0, 0.1) is 0 Å². The molecule has 15 heavy (non-hydrogen) atoms. The Bertz CT molecular complexity index is 315. The maximum Gasteiger partial charge on any atom is 0.187 e. The molecule has 0 aliphatic carbocycles. The van der Waals surface area contributed by atoms with Crippen molar-refractivity contribution in [3.63, 3.8) is 0 Å². The third-order valence-electron chi connectivity index (χ3n) is 2.32. The van der Waals surface area contributed by atoms with E-state index in [0.717, 1.165) is 29.6 Å². The molecule has 1 saturated heterocycles. The van der Waals surface area contributed by atoms with Crippen LogP contribution in [0.3, 0.4) is 0 Å². The van der Waals surface area contributed by atoms with E-state index in [1.807, 2.05) is 6.07 Å². The van der Waals surface area contributed by atoms with E-state index in [9.17, 15) is 0 Å². The fourth-order valence-electron chi connectivity index (χ4n) is 1.50. The van der Waals surface area contributed by atoms with Gasteiger partial charge in [-0.1, -0.05) is 11.8 Å². The molecule has 0 radical (unpaired) electrons. The van der Waals surface area contributed by atoms with Crippen molar-refractivity contribution in [1.82, 2.24) is 9.97 Å². The predicted molar refractivity (Wildman–Crippen MR) is 59.6 cm³/mol.